The minimum atomic E-state index is -0.606. The number of halogens is 2. The van der Waals surface area contributed by atoms with Crippen molar-refractivity contribution in [3.05, 3.63) is 53.8 Å². The molecule has 2 bridgehead atoms. The van der Waals surface area contributed by atoms with E-state index in [1.807, 2.05) is 17.3 Å². The largest absolute Gasteiger partial charge is 0.439 e. The number of benzene rings is 1. The Kier molecular flexibility index (Phi) is 12.4. The first-order chi connectivity index (χ1) is 35.4. The van der Waals surface area contributed by atoms with Crippen LogP contribution in [0.3, 0.4) is 0 Å². The predicted molar refractivity (Wildman–Crippen MR) is 266 cm³/mol. The van der Waals surface area contributed by atoms with Crippen molar-refractivity contribution >= 4 is 46.1 Å². The quantitative estimate of drug-likeness (QED) is 0.123. The second kappa shape index (κ2) is 19.1. The average Bonchev–Trinajstić information content (AvgIpc) is 3.65. The Morgan fingerprint density at radius 3 is 2.26 bits per heavy atom. The summed E-state index contributed by atoms with van der Waals surface area (Å²) in [6, 6.07) is 2.71. The van der Waals surface area contributed by atoms with Gasteiger partial charge in [-0.3, -0.25) is 14.5 Å². The molecule has 4 aromatic heterocycles. The van der Waals surface area contributed by atoms with E-state index < -0.39 is 17.7 Å². The maximum Gasteiger partial charge on any atom is 0.410 e. The highest BCUT2D eigenvalue weighted by molar-refractivity contribution is 6.00. The van der Waals surface area contributed by atoms with Gasteiger partial charge in [0.2, 0.25) is 5.91 Å². The van der Waals surface area contributed by atoms with E-state index in [1.54, 1.807) is 9.80 Å². The van der Waals surface area contributed by atoms with E-state index in [0.29, 0.717) is 117 Å². The molecule has 386 valence electrons. The summed E-state index contributed by atoms with van der Waals surface area (Å²) in [5, 5.41) is 16.4. The van der Waals surface area contributed by atoms with Crippen LogP contribution < -0.4 is 21.3 Å². The zero-order valence-corrected chi connectivity index (χ0v) is 41.6. The molecule has 4 saturated carbocycles. The number of nitrogens with zero attached hydrogens (tertiary/aromatic N) is 11. The highest BCUT2D eigenvalue weighted by Gasteiger charge is 2.53. The van der Waals surface area contributed by atoms with Gasteiger partial charge in [-0.25, -0.2) is 38.2 Å². The fourth-order valence-corrected chi connectivity index (χ4v) is 12.9. The zero-order valence-electron chi connectivity index (χ0n) is 41.6. The second-order valence-corrected chi connectivity index (χ2v) is 22.1. The van der Waals surface area contributed by atoms with Crippen molar-refractivity contribution in [3.63, 3.8) is 0 Å². The normalized spacial score (nSPS) is 26.0. The molecule has 4 aliphatic carbocycles. The molecule has 73 heavy (non-hydrogen) atoms. The molecular formula is C52H64F2N14O5. The number of hydrogen-bond donors (Lipinski definition) is 3. The summed E-state index contributed by atoms with van der Waals surface area (Å²) in [6.45, 7) is 8.21. The van der Waals surface area contributed by atoms with Gasteiger partial charge in [-0.15, -0.1) is 0 Å². The first-order valence-corrected chi connectivity index (χ1v) is 26.4. The number of fused-ring (bicyclic) bond motifs is 2. The number of likely N-dealkylation sites (tertiary alicyclic amines) is 2. The fourth-order valence-electron chi connectivity index (χ4n) is 12.9. The molecule has 8 heterocycles. The molecule has 4 N–H and O–H groups in total. The van der Waals surface area contributed by atoms with E-state index in [1.165, 1.54) is 24.9 Å². The number of piperidine rings is 3. The third-order valence-corrected chi connectivity index (χ3v) is 17.1. The standard InChI is InChI=1S/C52H64F2N14O5/c1-29-24-66(46-38(53)17-37(18-39(46)54)61-36-5-6-40(69)56-23-36)25-30(2)67(29)26-31-8-13-64(14-9-31)41(70)27-72-51(71)65-15-10-33(11-16-65)35-21-57-49(58-22-35)42-45(63-73-47(42)34-3-4-34)44-43-48(55)59-28-60-50(43)68(62-44)52-12-7-32(19-52)20-52/h17-18,21-22,28-34,36,61H,3-16,19-20,23-27H2,1-2H3,(H,56,69)(H2,55,59,60)/t29-,30+,32?,36?,52?. The number of anilines is 3. The summed E-state index contributed by atoms with van der Waals surface area (Å²) >= 11 is 0. The Morgan fingerprint density at radius 2 is 1.60 bits per heavy atom. The van der Waals surface area contributed by atoms with Crippen LogP contribution in [0.15, 0.2) is 35.4 Å². The van der Waals surface area contributed by atoms with E-state index in [-0.39, 0.29) is 59.6 Å². The summed E-state index contributed by atoms with van der Waals surface area (Å²) in [7, 11) is 0. The van der Waals surface area contributed by atoms with E-state index >= 15 is 8.78 Å². The minimum Gasteiger partial charge on any atom is -0.439 e. The van der Waals surface area contributed by atoms with Gasteiger partial charge < -0.3 is 40.3 Å². The summed E-state index contributed by atoms with van der Waals surface area (Å²) in [4.78, 5) is 64.5. The molecule has 8 aliphatic rings. The van der Waals surface area contributed by atoms with Gasteiger partial charge in [0.05, 0.1) is 16.5 Å². The fraction of sp³-hybridized carbons (Fsp3) is 0.596. The highest BCUT2D eigenvalue weighted by atomic mass is 19.1. The maximum absolute atomic E-state index is 15.5. The first-order valence-electron chi connectivity index (χ1n) is 26.4. The topological polar surface area (TPSA) is 219 Å². The summed E-state index contributed by atoms with van der Waals surface area (Å²) in [5.74, 6) is 1.64. The number of ether oxygens (including phenoxy) is 1. The lowest BCUT2D eigenvalue weighted by Gasteiger charge is -2.47. The maximum atomic E-state index is 15.5. The summed E-state index contributed by atoms with van der Waals surface area (Å²) in [6.07, 6.45) is 15.2. The monoisotopic (exact) mass is 1000 g/mol. The Labute approximate surface area is 422 Å². The first kappa shape index (κ1) is 47.5. The number of carbonyl (C=O) groups is 3. The van der Waals surface area contributed by atoms with Crippen LogP contribution in [0.25, 0.3) is 33.8 Å². The van der Waals surface area contributed by atoms with Crippen molar-refractivity contribution in [2.24, 2.45) is 11.8 Å². The average molecular weight is 1000 g/mol. The third kappa shape index (κ3) is 9.08. The molecular weight excluding hydrogens is 939 g/mol. The van der Waals surface area contributed by atoms with Gasteiger partial charge in [-0.05, 0) is 120 Å². The molecule has 3 amide bonds. The predicted octanol–water partition coefficient (Wildman–Crippen LogP) is 6.42. The zero-order chi connectivity index (χ0) is 50.1. The van der Waals surface area contributed by atoms with Crippen LogP contribution in [0.2, 0.25) is 0 Å². The van der Waals surface area contributed by atoms with E-state index in [9.17, 15) is 14.4 Å². The van der Waals surface area contributed by atoms with Gasteiger partial charge >= 0.3 is 6.09 Å². The molecule has 1 aromatic carbocycles. The molecule has 5 aromatic rings. The molecule has 0 spiro atoms. The van der Waals surface area contributed by atoms with Gasteiger partial charge in [0, 0.05) is 101 Å². The lowest BCUT2D eigenvalue weighted by atomic mass is 9.77. The van der Waals surface area contributed by atoms with Crippen molar-refractivity contribution in [1.82, 2.24) is 54.9 Å². The third-order valence-electron chi connectivity index (χ3n) is 17.1. The van der Waals surface area contributed by atoms with Crippen LogP contribution in [0.5, 0.6) is 0 Å². The number of piperazine rings is 1. The molecule has 0 radical (unpaired) electrons. The van der Waals surface area contributed by atoms with Crippen LogP contribution in [0, 0.1) is 23.5 Å². The Hall–Kier alpha value is -6.51. The molecule has 8 fully saturated rings. The number of hydrogen-bond acceptors (Lipinski definition) is 15. The van der Waals surface area contributed by atoms with Gasteiger partial charge in [-0.1, -0.05) is 5.16 Å². The Morgan fingerprint density at radius 1 is 0.890 bits per heavy atom. The van der Waals surface area contributed by atoms with Crippen LogP contribution >= 0.6 is 0 Å². The smallest absolute Gasteiger partial charge is 0.410 e. The van der Waals surface area contributed by atoms with Gasteiger partial charge in [0.25, 0.3) is 5.91 Å². The summed E-state index contributed by atoms with van der Waals surface area (Å²) in [5.41, 5.74) is 10.4. The van der Waals surface area contributed by atoms with E-state index in [2.05, 4.69) is 49.2 Å². The Balaban J connectivity index is 0.607. The number of aromatic nitrogens is 7. The molecule has 3 atom stereocenters. The lowest BCUT2D eigenvalue weighted by molar-refractivity contribution is -0.136. The van der Waals surface area contributed by atoms with Crippen molar-refractivity contribution in [2.45, 2.75) is 126 Å². The molecule has 4 saturated heterocycles. The van der Waals surface area contributed by atoms with Crippen molar-refractivity contribution < 1.29 is 32.4 Å². The van der Waals surface area contributed by atoms with Crippen LogP contribution in [0.4, 0.5) is 30.8 Å². The minimum absolute atomic E-state index is 0.0107. The van der Waals surface area contributed by atoms with Gasteiger partial charge in [0.15, 0.2) is 35.5 Å². The number of carbonyl (C=O) groups excluding carboxylic acids is 3. The van der Waals surface area contributed by atoms with Crippen LogP contribution in [0.1, 0.15) is 114 Å². The number of rotatable bonds is 12. The summed E-state index contributed by atoms with van der Waals surface area (Å²) < 4.78 is 44.7. The van der Waals surface area contributed by atoms with Crippen molar-refractivity contribution in [2.75, 3.05) is 74.9 Å². The highest BCUT2D eigenvalue weighted by Crippen LogP contribution is 2.58. The Bertz CT molecular complexity index is 2850. The number of nitrogens with two attached hydrogens (primary N) is 1. The molecule has 1 unspecified atom stereocenters. The van der Waals surface area contributed by atoms with E-state index in [0.717, 1.165) is 74.3 Å². The molecule has 4 aliphatic heterocycles. The number of amides is 3. The molecule has 13 rings (SSSR count). The molecule has 19 nitrogen and oxygen atoms in total. The number of nitrogen functional groups attached to an aromatic ring is 1. The SMILES string of the molecule is C[C@@H]1CN(c2c(F)cc(NC3CCC(=O)NC3)cc2F)C[C@H](C)N1CC1CCN(C(=O)COC(=O)N2CCC(c3cnc(-c4c(-c5nn(C67CCC(C6)C7)c6ncnc(N)c56)noc4C4CC4)nc3)CC2)CC1. The lowest BCUT2D eigenvalue weighted by Crippen LogP contribution is -2.58. The van der Waals surface area contributed by atoms with Gasteiger partial charge in [0.1, 0.15) is 29.2 Å². The van der Waals surface area contributed by atoms with Crippen LogP contribution in [-0.4, -0.2) is 145 Å². The van der Waals surface area contributed by atoms with Crippen molar-refractivity contribution in [1.29, 1.82) is 0 Å². The molecule has 21 heteroatoms. The number of nitrogens with one attached hydrogen (secondary N) is 2. The van der Waals surface area contributed by atoms with E-state index in [4.69, 9.17) is 30.1 Å². The van der Waals surface area contributed by atoms with Crippen LogP contribution in [-0.2, 0) is 19.9 Å². The second-order valence-electron chi connectivity index (χ2n) is 22.1. The van der Waals surface area contributed by atoms with Gasteiger partial charge in [-0.2, -0.15) is 5.10 Å². The van der Waals surface area contributed by atoms with Crippen molar-refractivity contribution in [3.8, 4) is 22.8 Å².